The minimum absolute atomic E-state index is 0.0226. The zero-order valence-corrected chi connectivity index (χ0v) is 15.7. The Bertz CT molecular complexity index is 853. The van der Waals surface area contributed by atoms with E-state index in [0.29, 0.717) is 24.0 Å². The molecule has 0 spiro atoms. The van der Waals surface area contributed by atoms with Crippen LogP contribution in [0.3, 0.4) is 0 Å². The Kier molecular flexibility index (Phi) is 7.07. The number of methoxy groups -OCH3 is 1. The molecule has 26 heavy (non-hydrogen) atoms. The Balaban J connectivity index is 2.00. The summed E-state index contributed by atoms with van der Waals surface area (Å²) in [6, 6.07) is 14.0. The first-order valence-electron chi connectivity index (χ1n) is 7.68. The number of hydrogen-bond donors (Lipinski definition) is 3. The smallest absolute Gasteiger partial charge is 0.264 e. The fraction of sp³-hybridized carbons (Fsp3) is 0.176. The van der Waals surface area contributed by atoms with Crippen molar-refractivity contribution in [1.82, 2.24) is 10.0 Å². The van der Waals surface area contributed by atoms with Crippen LogP contribution in [0.15, 0.2) is 59.5 Å². The van der Waals surface area contributed by atoms with Crippen LogP contribution in [0.5, 0.6) is 0 Å². The fourth-order valence-corrected chi connectivity index (χ4v) is 3.18. The highest BCUT2D eigenvalue weighted by Crippen LogP contribution is 2.14. The van der Waals surface area contributed by atoms with Gasteiger partial charge < -0.3 is 15.4 Å². The number of carbonyl (C=O) groups is 1. The lowest BCUT2D eigenvalue weighted by molar-refractivity contribution is 0.0981. The van der Waals surface area contributed by atoms with Gasteiger partial charge in [-0.15, -0.1) is 0 Å². The molecule has 1 amide bonds. The third-order valence-electron chi connectivity index (χ3n) is 3.28. The first kappa shape index (κ1) is 19.8. The van der Waals surface area contributed by atoms with Gasteiger partial charge in [0.1, 0.15) is 0 Å². The molecule has 138 valence electrons. The quantitative estimate of drug-likeness (QED) is 0.487. The number of thiocarbonyl (C=S) groups is 1. The molecule has 0 saturated heterocycles. The van der Waals surface area contributed by atoms with Crippen LogP contribution in [0, 0.1) is 0 Å². The lowest BCUT2D eigenvalue weighted by atomic mass is 10.2. The molecular formula is C17H19N3O4S2. The predicted octanol–water partition coefficient (Wildman–Crippen LogP) is 1.74. The SMILES string of the molecule is COCCNC(=S)Nc1ccc(S(=O)(=O)NC(=O)c2ccccc2)cc1. The second-order valence-corrected chi connectivity index (χ2v) is 7.29. The normalized spacial score (nSPS) is 10.8. The van der Waals surface area contributed by atoms with Crippen molar-refractivity contribution >= 4 is 38.9 Å². The summed E-state index contributed by atoms with van der Waals surface area (Å²) in [5.74, 6) is -0.684. The van der Waals surface area contributed by atoms with E-state index < -0.39 is 15.9 Å². The van der Waals surface area contributed by atoms with E-state index in [1.165, 1.54) is 24.3 Å². The number of hydrogen-bond acceptors (Lipinski definition) is 5. The number of rotatable bonds is 7. The minimum Gasteiger partial charge on any atom is -0.383 e. The van der Waals surface area contributed by atoms with Crippen LogP contribution in [0.2, 0.25) is 0 Å². The molecule has 0 radical (unpaired) electrons. The number of carbonyl (C=O) groups excluding carboxylic acids is 1. The number of benzene rings is 2. The number of amides is 1. The molecule has 0 unspecified atom stereocenters. The number of ether oxygens (including phenoxy) is 1. The summed E-state index contributed by atoms with van der Waals surface area (Å²) in [7, 11) is -2.37. The van der Waals surface area contributed by atoms with Gasteiger partial charge in [0.25, 0.3) is 15.9 Å². The minimum atomic E-state index is -3.96. The molecule has 2 aromatic carbocycles. The molecule has 0 fully saturated rings. The standard InChI is InChI=1S/C17H19N3O4S2/c1-24-12-11-18-17(25)19-14-7-9-15(10-8-14)26(22,23)20-16(21)13-5-3-2-4-6-13/h2-10H,11-12H2,1H3,(H,20,21)(H2,18,19,25). The fourth-order valence-electron chi connectivity index (χ4n) is 1.99. The molecule has 0 aromatic heterocycles. The molecule has 0 aliphatic rings. The molecule has 0 saturated carbocycles. The Labute approximate surface area is 157 Å². The van der Waals surface area contributed by atoms with Gasteiger partial charge in [0.2, 0.25) is 0 Å². The molecule has 0 heterocycles. The summed E-state index contributed by atoms with van der Waals surface area (Å²) < 4.78 is 31.6. The van der Waals surface area contributed by atoms with Gasteiger partial charge in [-0.1, -0.05) is 18.2 Å². The molecular weight excluding hydrogens is 374 g/mol. The zero-order chi connectivity index (χ0) is 19.0. The second kappa shape index (κ2) is 9.27. The first-order valence-corrected chi connectivity index (χ1v) is 9.57. The molecule has 0 atom stereocenters. The van der Waals surface area contributed by atoms with Crippen molar-refractivity contribution in [3.8, 4) is 0 Å². The largest absolute Gasteiger partial charge is 0.383 e. The second-order valence-electron chi connectivity index (χ2n) is 5.20. The Hall–Kier alpha value is -2.49. The monoisotopic (exact) mass is 393 g/mol. The molecule has 2 aromatic rings. The van der Waals surface area contributed by atoms with Gasteiger partial charge in [-0.25, -0.2) is 13.1 Å². The summed E-state index contributed by atoms with van der Waals surface area (Å²) in [5.41, 5.74) is 0.884. The summed E-state index contributed by atoms with van der Waals surface area (Å²) in [6.07, 6.45) is 0. The van der Waals surface area contributed by atoms with Crippen LogP contribution < -0.4 is 15.4 Å². The van der Waals surface area contributed by atoms with Gasteiger partial charge in [-0.3, -0.25) is 4.79 Å². The maximum absolute atomic E-state index is 12.3. The average molecular weight is 393 g/mol. The first-order chi connectivity index (χ1) is 12.4. The van der Waals surface area contributed by atoms with Crippen molar-refractivity contribution in [3.05, 3.63) is 60.2 Å². The highest BCUT2D eigenvalue weighted by molar-refractivity contribution is 7.90. The molecule has 0 bridgehead atoms. The van der Waals surface area contributed by atoms with E-state index in [-0.39, 0.29) is 10.5 Å². The topological polar surface area (TPSA) is 96.5 Å². The van der Waals surface area contributed by atoms with Gasteiger partial charge >= 0.3 is 0 Å². The van der Waals surface area contributed by atoms with Crippen molar-refractivity contribution in [2.24, 2.45) is 0 Å². The van der Waals surface area contributed by atoms with Crippen LogP contribution >= 0.6 is 12.2 Å². The molecule has 0 aliphatic heterocycles. The van der Waals surface area contributed by atoms with Crippen LogP contribution in [0.1, 0.15) is 10.4 Å². The van der Waals surface area contributed by atoms with Crippen molar-refractivity contribution in [2.45, 2.75) is 4.90 Å². The molecule has 9 heteroatoms. The van der Waals surface area contributed by atoms with Crippen molar-refractivity contribution in [3.63, 3.8) is 0 Å². The lowest BCUT2D eigenvalue weighted by Gasteiger charge is -2.11. The molecule has 7 nitrogen and oxygen atoms in total. The third-order valence-corrected chi connectivity index (χ3v) is 4.87. The van der Waals surface area contributed by atoms with Gasteiger partial charge in [0, 0.05) is 24.9 Å². The van der Waals surface area contributed by atoms with E-state index in [4.69, 9.17) is 17.0 Å². The summed E-state index contributed by atoms with van der Waals surface area (Å²) in [4.78, 5) is 12.0. The molecule has 2 rings (SSSR count). The Morgan fingerprint density at radius 3 is 2.35 bits per heavy atom. The molecule has 0 aliphatic carbocycles. The Morgan fingerprint density at radius 2 is 1.73 bits per heavy atom. The Morgan fingerprint density at radius 1 is 1.08 bits per heavy atom. The van der Waals surface area contributed by atoms with E-state index in [1.807, 2.05) is 4.72 Å². The number of sulfonamides is 1. The van der Waals surface area contributed by atoms with Crippen molar-refractivity contribution in [2.75, 3.05) is 25.6 Å². The highest BCUT2D eigenvalue weighted by Gasteiger charge is 2.18. The van der Waals surface area contributed by atoms with Crippen LogP contribution in [-0.4, -0.2) is 39.7 Å². The third kappa shape index (κ3) is 5.80. The van der Waals surface area contributed by atoms with E-state index in [2.05, 4.69) is 10.6 Å². The summed E-state index contributed by atoms with van der Waals surface area (Å²) in [6.45, 7) is 1.07. The van der Waals surface area contributed by atoms with Crippen LogP contribution in [0.4, 0.5) is 5.69 Å². The van der Waals surface area contributed by atoms with Crippen molar-refractivity contribution in [1.29, 1.82) is 0 Å². The van der Waals surface area contributed by atoms with Crippen LogP contribution in [-0.2, 0) is 14.8 Å². The maximum Gasteiger partial charge on any atom is 0.264 e. The van der Waals surface area contributed by atoms with E-state index >= 15 is 0 Å². The van der Waals surface area contributed by atoms with Crippen LogP contribution in [0.25, 0.3) is 0 Å². The van der Waals surface area contributed by atoms with Gasteiger partial charge in [-0.05, 0) is 48.6 Å². The van der Waals surface area contributed by atoms with Crippen molar-refractivity contribution < 1.29 is 17.9 Å². The zero-order valence-electron chi connectivity index (χ0n) is 14.1. The maximum atomic E-state index is 12.3. The molecule has 3 N–H and O–H groups in total. The number of nitrogens with one attached hydrogen (secondary N) is 3. The summed E-state index contributed by atoms with van der Waals surface area (Å²) in [5, 5.41) is 6.27. The van der Waals surface area contributed by atoms with E-state index in [1.54, 1.807) is 37.4 Å². The van der Waals surface area contributed by atoms with Gasteiger partial charge in [-0.2, -0.15) is 0 Å². The predicted molar refractivity (Wildman–Crippen MR) is 104 cm³/mol. The van der Waals surface area contributed by atoms with Gasteiger partial charge in [0.05, 0.1) is 11.5 Å². The van der Waals surface area contributed by atoms with E-state index in [9.17, 15) is 13.2 Å². The van der Waals surface area contributed by atoms with E-state index in [0.717, 1.165) is 0 Å². The average Bonchev–Trinajstić information content (AvgIpc) is 2.63. The summed E-state index contributed by atoms with van der Waals surface area (Å²) >= 11 is 5.11. The van der Waals surface area contributed by atoms with Gasteiger partial charge in [0.15, 0.2) is 5.11 Å². The highest BCUT2D eigenvalue weighted by atomic mass is 32.2. The number of anilines is 1. The lowest BCUT2D eigenvalue weighted by Crippen LogP contribution is -2.31.